The molecule has 1 rings (SSSR count). The molecule has 0 aliphatic heterocycles. The van der Waals surface area contributed by atoms with E-state index >= 15 is 0 Å². The van der Waals surface area contributed by atoms with Gasteiger partial charge >= 0.3 is 29.7 Å². The van der Waals surface area contributed by atoms with Crippen molar-refractivity contribution >= 4 is 11.7 Å². The van der Waals surface area contributed by atoms with E-state index in [0.717, 1.165) is 0 Å². The van der Waals surface area contributed by atoms with Crippen LogP contribution in [0.5, 0.6) is 5.75 Å². The molecule has 0 saturated heterocycles. The summed E-state index contributed by atoms with van der Waals surface area (Å²) < 4.78 is 103. The number of nitro groups is 1. The van der Waals surface area contributed by atoms with Crippen LogP contribution in [0.25, 0.3) is 0 Å². The molecule has 0 N–H and O–H groups in total. The fraction of sp³-hybridized carbons (Fsp3) is 0.300. The molecule has 128 valence electrons. The van der Waals surface area contributed by atoms with Gasteiger partial charge in [-0.15, -0.1) is 0 Å². The van der Waals surface area contributed by atoms with Gasteiger partial charge in [0.15, 0.2) is 0 Å². The van der Waals surface area contributed by atoms with Gasteiger partial charge in [0, 0.05) is 12.1 Å². The lowest BCUT2D eigenvalue weighted by atomic mass is 10.1. The van der Waals surface area contributed by atoms with E-state index in [1.165, 1.54) is 0 Å². The molecule has 13 heteroatoms. The fourth-order valence-corrected chi connectivity index (χ4v) is 1.19. The third-order valence-electron chi connectivity index (χ3n) is 2.33. The predicted octanol–water partition coefficient (Wildman–Crippen LogP) is 3.47. The van der Waals surface area contributed by atoms with Gasteiger partial charge in [-0.1, -0.05) is 0 Å². The smallest absolute Gasteiger partial charge is 0.414 e. The molecule has 0 fully saturated rings. The Morgan fingerprint density at radius 3 is 2.04 bits per heavy atom. The van der Waals surface area contributed by atoms with Crippen LogP contribution in [0.15, 0.2) is 18.2 Å². The summed E-state index contributed by atoms with van der Waals surface area (Å²) in [6.07, 6.45) is -6.80. The van der Waals surface area contributed by atoms with Crippen LogP contribution in [0.2, 0.25) is 0 Å². The maximum Gasteiger partial charge on any atom is 0.460 e. The molecule has 0 spiro atoms. The number of halogens is 8. The van der Waals surface area contributed by atoms with E-state index in [4.69, 9.17) is 0 Å². The van der Waals surface area contributed by atoms with Crippen molar-refractivity contribution in [1.29, 1.82) is 0 Å². The molecule has 0 bridgehead atoms. The van der Waals surface area contributed by atoms with E-state index in [0.29, 0.717) is 12.1 Å². The molecule has 5 nitrogen and oxygen atoms in total. The molecule has 0 radical (unpaired) electrons. The highest BCUT2D eigenvalue weighted by molar-refractivity contribution is 5.82. The van der Waals surface area contributed by atoms with E-state index in [2.05, 4.69) is 4.74 Å². The topological polar surface area (TPSA) is 69.4 Å². The van der Waals surface area contributed by atoms with Crippen LogP contribution >= 0.6 is 0 Å². The maximum absolute atomic E-state index is 13.0. The van der Waals surface area contributed by atoms with Crippen LogP contribution in [0.4, 0.5) is 40.8 Å². The normalized spacial score (nSPS) is 12.9. The van der Waals surface area contributed by atoms with Gasteiger partial charge in [-0.25, -0.2) is 9.18 Å². The van der Waals surface area contributed by atoms with E-state index in [1.54, 1.807) is 0 Å². The number of nitro benzene ring substituents is 1. The van der Waals surface area contributed by atoms with Gasteiger partial charge < -0.3 is 4.74 Å². The van der Waals surface area contributed by atoms with Crippen molar-refractivity contribution in [2.75, 3.05) is 0 Å². The lowest BCUT2D eigenvalue weighted by Crippen LogP contribution is -2.57. The van der Waals surface area contributed by atoms with Crippen LogP contribution in [-0.2, 0) is 4.79 Å². The summed E-state index contributed by atoms with van der Waals surface area (Å²) in [4.78, 5) is 20.1. The van der Waals surface area contributed by atoms with Crippen molar-refractivity contribution in [2.24, 2.45) is 0 Å². The van der Waals surface area contributed by atoms with Crippen LogP contribution in [0.1, 0.15) is 0 Å². The summed E-state index contributed by atoms with van der Waals surface area (Å²) >= 11 is 0. The summed E-state index contributed by atoms with van der Waals surface area (Å²) in [5.74, 6) is -19.6. The highest BCUT2D eigenvalue weighted by Crippen LogP contribution is 2.47. The molecule has 0 heterocycles. The molecule has 1 aromatic rings. The molecular weight excluding hydrogens is 350 g/mol. The SMILES string of the molecule is O=C(Oc1cc(F)ccc1[N+](=O)[O-])C(F)(F)C(F)(F)C(F)(F)F. The van der Waals surface area contributed by atoms with E-state index < -0.39 is 46.2 Å². The second kappa shape index (κ2) is 5.62. The number of hydrogen-bond acceptors (Lipinski definition) is 4. The van der Waals surface area contributed by atoms with Crippen molar-refractivity contribution in [3.05, 3.63) is 34.1 Å². The van der Waals surface area contributed by atoms with Crippen LogP contribution in [0.3, 0.4) is 0 Å². The van der Waals surface area contributed by atoms with Gasteiger partial charge in [-0.2, -0.15) is 30.7 Å². The van der Waals surface area contributed by atoms with Crippen molar-refractivity contribution in [3.8, 4) is 5.75 Å². The molecule has 0 aliphatic carbocycles. The van der Waals surface area contributed by atoms with Crippen molar-refractivity contribution in [3.63, 3.8) is 0 Å². The standard InChI is InChI=1S/C10H3F8NO4/c11-4-1-2-5(19(21)22)6(3-4)23-7(20)8(12,13)9(14,15)10(16,17)18/h1-3H. The Balaban J connectivity index is 3.23. The first kappa shape index (κ1) is 18.6. The zero-order chi connectivity index (χ0) is 18.2. The summed E-state index contributed by atoms with van der Waals surface area (Å²) in [6.45, 7) is 0. The Kier molecular flexibility index (Phi) is 4.54. The average molecular weight is 353 g/mol. The van der Waals surface area contributed by atoms with Gasteiger partial charge in [0.2, 0.25) is 5.75 Å². The number of rotatable bonds is 4. The van der Waals surface area contributed by atoms with Crippen molar-refractivity contribution in [1.82, 2.24) is 0 Å². The first-order chi connectivity index (χ1) is 10.2. The third kappa shape index (κ3) is 3.32. The number of nitrogens with zero attached hydrogens (tertiary/aromatic N) is 1. The number of ether oxygens (including phenoxy) is 1. The molecule has 0 amide bonds. The fourth-order valence-electron chi connectivity index (χ4n) is 1.19. The number of benzene rings is 1. The lowest BCUT2D eigenvalue weighted by Gasteiger charge is -2.26. The quantitative estimate of drug-likeness (QED) is 0.273. The molecule has 0 aliphatic rings. The number of alkyl halides is 7. The zero-order valence-electron chi connectivity index (χ0n) is 10.3. The van der Waals surface area contributed by atoms with Crippen molar-refractivity contribution in [2.45, 2.75) is 18.0 Å². The molecule has 23 heavy (non-hydrogen) atoms. The van der Waals surface area contributed by atoms with Crippen LogP contribution in [-0.4, -0.2) is 28.9 Å². The summed E-state index contributed by atoms with van der Waals surface area (Å²) in [7, 11) is 0. The first-order valence-corrected chi connectivity index (χ1v) is 5.20. The van der Waals surface area contributed by atoms with Crippen LogP contribution < -0.4 is 4.74 Å². The first-order valence-electron chi connectivity index (χ1n) is 5.20. The Morgan fingerprint density at radius 2 is 1.61 bits per heavy atom. The van der Waals surface area contributed by atoms with E-state index in [9.17, 15) is 50.0 Å². The largest absolute Gasteiger partial charge is 0.460 e. The molecule has 0 aromatic heterocycles. The van der Waals surface area contributed by atoms with Gasteiger partial charge in [0.1, 0.15) is 5.82 Å². The zero-order valence-corrected chi connectivity index (χ0v) is 10.3. The minimum atomic E-state index is -6.81. The van der Waals surface area contributed by atoms with Gasteiger partial charge in [-0.05, 0) is 6.07 Å². The van der Waals surface area contributed by atoms with Gasteiger partial charge in [0.05, 0.1) is 4.92 Å². The number of esters is 1. The molecule has 0 saturated carbocycles. The Labute approximate surface area is 120 Å². The summed E-state index contributed by atoms with van der Waals surface area (Å²) in [6, 6.07) is 0.772. The monoisotopic (exact) mass is 353 g/mol. The third-order valence-corrected chi connectivity index (χ3v) is 2.33. The second-order valence-corrected chi connectivity index (χ2v) is 3.91. The predicted molar refractivity (Wildman–Crippen MR) is 54.6 cm³/mol. The molecule has 1 aromatic carbocycles. The van der Waals surface area contributed by atoms with Crippen molar-refractivity contribution < 1.29 is 49.6 Å². The van der Waals surface area contributed by atoms with Gasteiger partial charge in [0.25, 0.3) is 0 Å². The average Bonchev–Trinajstić information content (AvgIpc) is 2.36. The minimum Gasteiger partial charge on any atom is -0.414 e. The maximum atomic E-state index is 13.0. The highest BCUT2D eigenvalue weighted by Gasteiger charge is 2.77. The number of carbonyl (C=O) groups is 1. The molecule has 0 atom stereocenters. The van der Waals surface area contributed by atoms with E-state index in [1.807, 2.05) is 0 Å². The number of hydrogen-bond donors (Lipinski definition) is 0. The van der Waals surface area contributed by atoms with Crippen LogP contribution in [0, 0.1) is 15.9 Å². The van der Waals surface area contributed by atoms with Gasteiger partial charge in [-0.3, -0.25) is 10.1 Å². The minimum absolute atomic E-state index is 0.00214. The Hall–Kier alpha value is -2.47. The lowest BCUT2D eigenvalue weighted by molar-refractivity contribution is -0.386. The Morgan fingerprint density at radius 1 is 1.09 bits per heavy atom. The second-order valence-electron chi connectivity index (χ2n) is 3.91. The Bertz CT molecular complexity index is 642. The molecular formula is C10H3F8NO4. The summed E-state index contributed by atoms with van der Waals surface area (Å²) in [5.41, 5.74) is -1.30. The van der Waals surface area contributed by atoms with E-state index in [-0.39, 0.29) is 6.07 Å². The molecule has 0 unspecified atom stereocenters. The summed E-state index contributed by atoms with van der Waals surface area (Å²) in [5, 5.41) is 10.5. The number of carbonyl (C=O) groups excluding carboxylic acids is 1. The highest BCUT2D eigenvalue weighted by atomic mass is 19.4.